The second kappa shape index (κ2) is 4.37. The molecule has 0 saturated heterocycles. The van der Waals surface area contributed by atoms with Crippen LogP contribution in [0.4, 0.5) is 0 Å². The largest absolute Gasteiger partial charge is 0.497 e. The van der Waals surface area contributed by atoms with Gasteiger partial charge in [-0.15, -0.1) is 0 Å². The van der Waals surface area contributed by atoms with E-state index >= 15 is 0 Å². The molecule has 2 aromatic rings. The fourth-order valence-electron chi connectivity index (χ4n) is 1.76. The summed E-state index contributed by atoms with van der Waals surface area (Å²) < 4.78 is 5.16. The third-order valence-corrected chi connectivity index (χ3v) is 2.60. The quantitative estimate of drug-likeness (QED) is 0.759. The van der Waals surface area contributed by atoms with Crippen molar-refractivity contribution in [1.82, 2.24) is 4.98 Å². The van der Waals surface area contributed by atoms with E-state index in [1.54, 1.807) is 7.11 Å². The molecule has 0 radical (unpaired) electrons. The summed E-state index contributed by atoms with van der Waals surface area (Å²) in [6, 6.07) is 5.33. The molecular weight excluding hydrogens is 204 g/mol. The molecular formula is C12H14N2O2. The number of hydrogen-bond acceptors (Lipinski definition) is 3. The Labute approximate surface area is 93.4 Å². The molecule has 4 nitrogen and oxygen atoms in total. The van der Waals surface area contributed by atoms with Crippen molar-refractivity contribution in [3.63, 3.8) is 0 Å². The van der Waals surface area contributed by atoms with E-state index in [1.165, 1.54) is 0 Å². The van der Waals surface area contributed by atoms with E-state index < -0.39 is 6.04 Å². The topological polar surface area (TPSA) is 68.1 Å². The summed E-state index contributed by atoms with van der Waals surface area (Å²) in [7, 11) is 1.63. The van der Waals surface area contributed by atoms with E-state index in [9.17, 15) is 4.79 Å². The molecule has 0 aliphatic rings. The molecule has 2 rings (SSSR count). The highest BCUT2D eigenvalue weighted by atomic mass is 16.5. The predicted molar refractivity (Wildman–Crippen MR) is 62.6 cm³/mol. The molecule has 0 unspecified atom stereocenters. The van der Waals surface area contributed by atoms with Gasteiger partial charge in [0.15, 0.2) is 0 Å². The third-order valence-electron chi connectivity index (χ3n) is 2.60. The zero-order chi connectivity index (χ0) is 11.5. The maximum absolute atomic E-state index is 10.5. The molecule has 16 heavy (non-hydrogen) atoms. The molecule has 0 bridgehead atoms. The summed E-state index contributed by atoms with van der Waals surface area (Å²) in [5.41, 5.74) is 7.67. The third kappa shape index (κ3) is 1.92. The highest BCUT2D eigenvalue weighted by Gasteiger charge is 2.08. The monoisotopic (exact) mass is 218 g/mol. The van der Waals surface area contributed by atoms with Gasteiger partial charge in [-0.3, -0.25) is 0 Å². The minimum atomic E-state index is -0.454. The molecule has 1 heterocycles. The van der Waals surface area contributed by atoms with Gasteiger partial charge in [-0.05, 0) is 30.2 Å². The summed E-state index contributed by atoms with van der Waals surface area (Å²) in [4.78, 5) is 13.7. The van der Waals surface area contributed by atoms with Gasteiger partial charge in [-0.2, -0.15) is 0 Å². The number of methoxy groups -OCH3 is 1. The van der Waals surface area contributed by atoms with Crippen LogP contribution in [0, 0.1) is 0 Å². The number of hydrogen-bond donors (Lipinski definition) is 2. The van der Waals surface area contributed by atoms with Crippen LogP contribution in [0.3, 0.4) is 0 Å². The molecule has 4 heteroatoms. The number of aldehydes is 1. The van der Waals surface area contributed by atoms with Crippen molar-refractivity contribution >= 4 is 17.2 Å². The van der Waals surface area contributed by atoms with Crippen LogP contribution in [-0.2, 0) is 11.2 Å². The van der Waals surface area contributed by atoms with Crippen LogP contribution in [0.15, 0.2) is 24.4 Å². The molecule has 0 spiro atoms. The molecule has 0 fully saturated rings. The lowest BCUT2D eigenvalue weighted by molar-refractivity contribution is -0.108. The lowest BCUT2D eigenvalue weighted by Gasteiger charge is -2.03. The van der Waals surface area contributed by atoms with E-state index in [2.05, 4.69) is 4.98 Å². The zero-order valence-electron chi connectivity index (χ0n) is 9.07. The maximum Gasteiger partial charge on any atom is 0.137 e. The van der Waals surface area contributed by atoms with E-state index in [0.29, 0.717) is 6.42 Å². The van der Waals surface area contributed by atoms with Crippen molar-refractivity contribution in [3.05, 3.63) is 30.0 Å². The van der Waals surface area contributed by atoms with Crippen molar-refractivity contribution in [2.75, 3.05) is 7.11 Å². The number of carbonyl (C=O) groups is 1. The number of aromatic amines is 1. The number of carbonyl (C=O) groups excluding carboxylic acids is 1. The standard InChI is InChI=1S/C12H14N2O2/c1-16-10-2-3-12-11(5-10)8(6-14-12)4-9(13)7-15/h2-3,5-7,9,14H,4,13H2,1H3/t9-/m0/s1. The average Bonchev–Trinajstić information content (AvgIpc) is 2.71. The molecule has 1 aromatic heterocycles. The lowest BCUT2D eigenvalue weighted by Crippen LogP contribution is -2.23. The predicted octanol–water partition coefficient (Wildman–Crippen LogP) is 1.25. The fourth-order valence-corrected chi connectivity index (χ4v) is 1.76. The van der Waals surface area contributed by atoms with Gasteiger partial charge >= 0.3 is 0 Å². The lowest BCUT2D eigenvalue weighted by atomic mass is 10.1. The molecule has 0 aliphatic carbocycles. The first kappa shape index (κ1) is 10.7. The first-order valence-corrected chi connectivity index (χ1v) is 5.09. The fraction of sp³-hybridized carbons (Fsp3) is 0.250. The first-order chi connectivity index (χ1) is 7.74. The number of nitrogens with one attached hydrogen (secondary N) is 1. The van der Waals surface area contributed by atoms with Crippen molar-refractivity contribution < 1.29 is 9.53 Å². The van der Waals surface area contributed by atoms with E-state index in [4.69, 9.17) is 10.5 Å². The Morgan fingerprint density at radius 3 is 3.06 bits per heavy atom. The number of nitrogens with two attached hydrogens (primary N) is 1. The van der Waals surface area contributed by atoms with Gasteiger partial charge in [0.05, 0.1) is 13.2 Å². The van der Waals surface area contributed by atoms with Gasteiger partial charge in [-0.25, -0.2) is 0 Å². The molecule has 0 aliphatic heterocycles. The van der Waals surface area contributed by atoms with Crippen LogP contribution in [-0.4, -0.2) is 24.4 Å². The first-order valence-electron chi connectivity index (χ1n) is 5.09. The molecule has 0 saturated carbocycles. The Morgan fingerprint density at radius 2 is 2.38 bits per heavy atom. The summed E-state index contributed by atoms with van der Waals surface area (Å²) in [5.74, 6) is 0.799. The van der Waals surface area contributed by atoms with Crippen LogP contribution in [0.2, 0.25) is 0 Å². The molecule has 1 aromatic carbocycles. The number of aromatic nitrogens is 1. The van der Waals surface area contributed by atoms with Crippen LogP contribution < -0.4 is 10.5 Å². The van der Waals surface area contributed by atoms with Crippen LogP contribution in [0.25, 0.3) is 10.9 Å². The van der Waals surface area contributed by atoms with Crippen molar-refractivity contribution in [2.45, 2.75) is 12.5 Å². The van der Waals surface area contributed by atoms with Crippen LogP contribution in [0.1, 0.15) is 5.56 Å². The Kier molecular flexibility index (Phi) is 2.92. The average molecular weight is 218 g/mol. The summed E-state index contributed by atoms with van der Waals surface area (Å²) in [5, 5.41) is 1.05. The van der Waals surface area contributed by atoms with Crippen molar-refractivity contribution in [3.8, 4) is 5.75 Å². The Balaban J connectivity index is 2.41. The summed E-state index contributed by atoms with van der Waals surface area (Å²) >= 11 is 0. The second-order valence-electron chi connectivity index (χ2n) is 3.73. The Hall–Kier alpha value is -1.81. The smallest absolute Gasteiger partial charge is 0.137 e. The summed E-state index contributed by atoms with van der Waals surface area (Å²) in [6.07, 6.45) is 3.18. The number of rotatable bonds is 4. The minimum Gasteiger partial charge on any atom is -0.497 e. The molecule has 1 atom stereocenters. The van der Waals surface area contributed by atoms with Crippen molar-refractivity contribution in [1.29, 1.82) is 0 Å². The molecule has 0 amide bonds. The van der Waals surface area contributed by atoms with Gasteiger partial charge in [0.1, 0.15) is 12.0 Å². The molecule has 3 N–H and O–H groups in total. The SMILES string of the molecule is COc1ccc2[nH]cc(C[C@H](N)C=O)c2c1. The highest BCUT2D eigenvalue weighted by molar-refractivity contribution is 5.85. The normalized spacial score (nSPS) is 12.6. The van der Waals surface area contributed by atoms with Gasteiger partial charge < -0.3 is 20.2 Å². The number of benzene rings is 1. The van der Waals surface area contributed by atoms with E-state index in [1.807, 2.05) is 24.4 Å². The zero-order valence-corrected chi connectivity index (χ0v) is 9.07. The van der Waals surface area contributed by atoms with Gasteiger partial charge in [-0.1, -0.05) is 0 Å². The summed E-state index contributed by atoms with van der Waals surface area (Å²) in [6.45, 7) is 0. The van der Waals surface area contributed by atoms with E-state index in [-0.39, 0.29) is 0 Å². The number of ether oxygens (including phenoxy) is 1. The van der Waals surface area contributed by atoms with Gasteiger partial charge in [0.2, 0.25) is 0 Å². The molecule has 84 valence electrons. The highest BCUT2D eigenvalue weighted by Crippen LogP contribution is 2.24. The van der Waals surface area contributed by atoms with Crippen molar-refractivity contribution in [2.24, 2.45) is 5.73 Å². The minimum absolute atomic E-state index is 0.454. The van der Waals surface area contributed by atoms with Gasteiger partial charge in [0.25, 0.3) is 0 Å². The second-order valence-corrected chi connectivity index (χ2v) is 3.73. The number of H-pyrrole nitrogens is 1. The number of fused-ring (bicyclic) bond motifs is 1. The Bertz CT molecular complexity index is 505. The van der Waals surface area contributed by atoms with Gasteiger partial charge in [0, 0.05) is 17.1 Å². The van der Waals surface area contributed by atoms with Crippen LogP contribution in [0.5, 0.6) is 5.75 Å². The Morgan fingerprint density at radius 1 is 1.56 bits per heavy atom. The van der Waals surface area contributed by atoms with Crippen LogP contribution >= 0.6 is 0 Å². The maximum atomic E-state index is 10.5. The van der Waals surface area contributed by atoms with E-state index in [0.717, 1.165) is 28.5 Å².